The van der Waals surface area contributed by atoms with E-state index in [0.717, 1.165) is 17.3 Å². The predicted octanol–water partition coefficient (Wildman–Crippen LogP) is 5.03. The van der Waals surface area contributed by atoms with Crippen molar-refractivity contribution in [3.63, 3.8) is 0 Å². The first-order valence-electron chi connectivity index (χ1n) is 6.97. The van der Waals surface area contributed by atoms with Crippen molar-refractivity contribution in [2.75, 3.05) is 0 Å². The third-order valence-corrected chi connectivity index (χ3v) is 5.87. The lowest BCUT2D eigenvalue weighted by Gasteiger charge is -2.37. The van der Waals surface area contributed by atoms with Gasteiger partial charge in [-0.2, -0.15) is 0 Å². The lowest BCUT2D eigenvalue weighted by atomic mass is 9.68. The Morgan fingerprint density at radius 3 is 2.27 bits per heavy atom. The topological polar surface area (TPSA) is 0 Å². The fraction of sp³-hybridized carbons (Fsp3) is 1.00. The molecule has 15 heavy (non-hydrogen) atoms. The lowest BCUT2D eigenvalue weighted by Crippen LogP contribution is -2.27. The third-order valence-electron chi connectivity index (χ3n) is 5.87. The Kier molecular flexibility index (Phi) is 2.90. The third kappa shape index (κ3) is 2.10. The van der Waals surface area contributed by atoms with E-state index in [1.165, 1.54) is 12.8 Å². The molecular formula is C15H28. The Labute approximate surface area is 95.8 Å². The number of hydrogen-bond donors (Lipinski definition) is 0. The molecule has 0 aromatic rings. The van der Waals surface area contributed by atoms with E-state index < -0.39 is 0 Å². The van der Waals surface area contributed by atoms with Crippen molar-refractivity contribution in [2.24, 2.45) is 22.7 Å². The van der Waals surface area contributed by atoms with Crippen LogP contribution in [0.2, 0.25) is 0 Å². The number of fused-ring (bicyclic) bond motifs is 2. The highest BCUT2D eigenvalue weighted by molar-refractivity contribution is 4.97. The lowest BCUT2D eigenvalue weighted by molar-refractivity contribution is 0.131. The highest BCUT2D eigenvalue weighted by Gasteiger charge is 2.46. The molecule has 0 heterocycles. The minimum atomic E-state index is 0.551. The standard InChI is InChI=1S/C15H28/c1-5-14(3,4)12(2)10-15-8-6-13(11-15)7-9-15/h12-13H,5-11H2,1-4H3. The van der Waals surface area contributed by atoms with E-state index in [4.69, 9.17) is 0 Å². The zero-order chi connectivity index (χ0) is 11.1. The van der Waals surface area contributed by atoms with Crippen molar-refractivity contribution in [1.82, 2.24) is 0 Å². The molecule has 1 unspecified atom stereocenters. The summed E-state index contributed by atoms with van der Waals surface area (Å²) in [5.41, 5.74) is 1.34. The van der Waals surface area contributed by atoms with Gasteiger partial charge >= 0.3 is 0 Å². The monoisotopic (exact) mass is 208 g/mol. The highest BCUT2D eigenvalue weighted by Crippen LogP contribution is 2.58. The summed E-state index contributed by atoms with van der Waals surface area (Å²) in [6, 6.07) is 0. The first-order chi connectivity index (χ1) is 6.97. The predicted molar refractivity (Wildman–Crippen MR) is 66.9 cm³/mol. The minimum Gasteiger partial charge on any atom is -0.0649 e. The van der Waals surface area contributed by atoms with Gasteiger partial charge in [0.15, 0.2) is 0 Å². The molecule has 0 heteroatoms. The summed E-state index contributed by atoms with van der Waals surface area (Å²) in [6.45, 7) is 9.75. The van der Waals surface area contributed by atoms with Gasteiger partial charge in [0, 0.05) is 0 Å². The van der Waals surface area contributed by atoms with Crippen LogP contribution in [0.4, 0.5) is 0 Å². The van der Waals surface area contributed by atoms with Crippen LogP contribution >= 0.6 is 0 Å². The molecule has 0 aromatic carbocycles. The average Bonchev–Trinajstić information content (AvgIpc) is 2.77. The van der Waals surface area contributed by atoms with Crippen LogP contribution in [-0.4, -0.2) is 0 Å². The first kappa shape index (κ1) is 11.5. The van der Waals surface area contributed by atoms with Gasteiger partial charge in [-0.3, -0.25) is 0 Å². The molecule has 0 amide bonds. The molecule has 0 nitrogen and oxygen atoms in total. The summed E-state index contributed by atoms with van der Waals surface area (Å²) in [4.78, 5) is 0. The molecule has 2 aliphatic carbocycles. The van der Waals surface area contributed by atoms with Gasteiger partial charge < -0.3 is 0 Å². The molecule has 0 aromatic heterocycles. The Bertz CT molecular complexity index is 218. The summed E-state index contributed by atoms with van der Waals surface area (Å²) in [5.74, 6) is 2.02. The van der Waals surface area contributed by atoms with Crippen molar-refractivity contribution in [3.8, 4) is 0 Å². The fourth-order valence-corrected chi connectivity index (χ4v) is 3.87. The quantitative estimate of drug-likeness (QED) is 0.608. The second-order valence-corrected chi connectivity index (χ2v) is 7.09. The van der Waals surface area contributed by atoms with Gasteiger partial charge in [0.05, 0.1) is 0 Å². The van der Waals surface area contributed by atoms with Crippen LogP contribution in [0.5, 0.6) is 0 Å². The van der Waals surface area contributed by atoms with Crippen LogP contribution in [-0.2, 0) is 0 Å². The SMILES string of the molecule is CCC(C)(C)C(C)CC12CCC(CC1)C2. The molecule has 2 rings (SSSR count). The zero-order valence-electron chi connectivity index (χ0n) is 11.1. The molecule has 2 aliphatic rings. The van der Waals surface area contributed by atoms with Gasteiger partial charge in [-0.05, 0) is 61.2 Å². The molecule has 0 aliphatic heterocycles. The molecule has 2 fully saturated rings. The van der Waals surface area contributed by atoms with Crippen molar-refractivity contribution in [1.29, 1.82) is 0 Å². The Morgan fingerprint density at radius 1 is 1.27 bits per heavy atom. The van der Waals surface area contributed by atoms with E-state index in [1.807, 2.05) is 0 Å². The maximum atomic E-state index is 2.49. The van der Waals surface area contributed by atoms with Crippen LogP contribution in [0, 0.1) is 22.7 Å². The Morgan fingerprint density at radius 2 is 1.87 bits per heavy atom. The summed E-state index contributed by atoms with van der Waals surface area (Å²) < 4.78 is 0. The van der Waals surface area contributed by atoms with E-state index in [1.54, 1.807) is 32.1 Å². The van der Waals surface area contributed by atoms with Gasteiger partial charge in [-0.1, -0.05) is 34.1 Å². The molecule has 0 radical (unpaired) electrons. The van der Waals surface area contributed by atoms with Crippen molar-refractivity contribution < 1.29 is 0 Å². The number of rotatable bonds is 4. The van der Waals surface area contributed by atoms with Crippen LogP contribution in [0.25, 0.3) is 0 Å². The largest absolute Gasteiger partial charge is 0.0649 e. The van der Waals surface area contributed by atoms with Crippen LogP contribution < -0.4 is 0 Å². The van der Waals surface area contributed by atoms with Gasteiger partial charge in [0.25, 0.3) is 0 Å². The van der Waals surface area contributed by atoms with Crippen molar-refractivity contribution in [3.05, 3.63) is 0 Å². The summed E-state index contributed by atoms with van der Waals surface area (Å²) in [7, 11) is 0. The molecule has 0 spiro atoms. The summed E-state index contributed by atoms with van der Waals surface area (Å²) in [5, 5.41) is 0. The maximum absolute atomic E-state index is 2.49. The van der Waals surface area contributed by atoms with E-state index in [2.05, 4.69) is 27.7 Å². The van der Waals surface area contributed by atoms with E-state index in [9.17, 15) is 0 Å². The van der Waals surface area contributed by atoms with E-state index in [-0.39, 0.29) is 0 Å². The smallest absolute Gasteiger partial charge is 0.0292 e. The molecule has 0 N–H and O–H groups in total. The average molecular weight is 208 g/mol. The molecule has 1 atom stereocenters. The van der Waals surface area contributed by atoms with Gasteiger partial charge in [-0.25, -0.2) is 0 Å². The van der Waals surface area contributed by atoms with Gasteiger partial charge in [-0.15, -0.1) is 0 Å². The molecule has 0 saturated heterocycles. The summed E-state index contributed by atoms with van der Waals surface area (Å²) in [6.07, 6.45) is 10.6. The van der Waals surface area contributed by atoms with Crippen molar-refractivity contribution >= 4 is 0 Å². The molecule has 2 bridgehead atoms. The van der Waals surface area contributed by atoms with Gasteiger partial charge in [0.1, 0.15) is 0 Å². The number of hydrogen-bond acceptors (Lipinski definition) is 0. The minimum absolute atomic E-state index is 0.551. The van der Waals surface area contributed by atoms with Crippen LogP contribution in [0.3, 0.4) is 0 Å². The van der Waals surface area contributed by atoms with Gasteiger partial charge in [0.2, 0.25) is 0 Å². The van der Waals surface area contributed by atoms with Crippen LogP contribution in [0.1, 0.15) is 72.6 Å². The molecule has 88 valence electrons. The van der Waals surface area contributed by atoms with Crippen LogP contribution in [0.15, 0.2) is 0 Å². The maximum Gasteiger partial charge on any atom is -0.0292 e. The van der Waals surface area contributed by atoms with Crippen molar-refractivity contribution in [2.45, 2.75) is 72.6 Å². The highest BCUT2D eigenvalue weighted by atomic mass is 14.5. The molecule has 2 saturated carbocycles. The van der Waals surface area contributed by atoms with E-state index in [0.29, 0.717) is 5.41 Å². The molecular weight excluding hydrogens is 180 g/mol. The normalized spacial score (nSPS) is 37.2. The summed E-state index contributed by atoms with van der Waals surface area (Å²) >= 11 is 0. The Hall–Kier alpha value is 0. The second-order valence-electron chi connectivity index (χ2n) is 7.09. The fourth-order valence-electron chi connectivity index (χ4n) is 3.87. The van der Waals surface area contributed by atoms with E-state index >= 15 is 0 Å². The first-order valence-corrected chi connectivity index (χ1v) is 6.97. The zero-order valence-corrected chi connectivity index (χ0v) is 11.1. The Balaban J connectivity index is 1.97. The second kappa shape index (κ2) is 3.79.